The number of nitrogens with zero attached hydrogens (tertiary/aromatic N) is 2. The second-order valence-electron chi connectivity index (χ2n) is 6.15. The fraction of sp³-hybridized carbons (Fsp3) is 0.316. The first kappa shape index (κ1) is 22.4. The second kappa shape index (κ2) is 11.2. The van der Waals surface area contributed by atoms with Crippen molar-refractivity contribution in [3.63, 3.8) is 0 Å². The van der Waals surface area contributed by atoms with E-state index in [1.54, 1.807) is 30.5 Å². The number of aromatic nitrogens is 2. The summed E-state index contributed by atoms with van der Waals surface area (Å²) < 4.78 is 0. The van der Waals surface area contributed by atoms with Gasteiger partial charge in [-0.2, -0.15) is 0 Å². The number of aliphatic hydroxyl groups excluding tert-OH is 2. The maximum Gasteiger partial charge on any atom is 0.276 e. The summed E-state index contributed by atoms with van der Waals surface area (Å²) in [6.07, 6.45) is 1.02. The van der Waals surface area contributed by atoms with Crippen molar-refractivity contribution in [3.05, 3.63) is 53.1 Å². The Morgan fingerprint density at radius 3 is 2.66 bits per heavy atom. The molecule has 9 nitrogen and oxygen atoms in total. The average molecular weight is 421 g/mol. The zero-order chi connectivity index (χ0) is 21.2. The summed E-state index contributed by atoms with van der Waals surface area (Å²) in [5.41, 5.74) is 1.35. The molecule has 0 spiro atoms. The van der Waals surface area contributed by atoms with Crippen molar-refractivity contribution in [1.82, 2.24) is 20.3 Å². The summed E-state index contributed by atoms with van der Waals surface area (Å²) in [7, 11) is 0. The molecule has 0 saturated carbocycles. The number of carbonyl (C=O) groups excluding carboxylic acids is 2. The van der Waals surface area contributed by atoms with Crippen LogP contribution in [0.5, 0.6) is 0 Å². The number of aliphatic hydroxyl groups is 2. The molecule has 1 unspecified atom stereocenters. The Labute approximate surface area is 172 Å². The lowest BCUT2D eigenvalue weighted by Crippen LogP contribution is -2.44. The zero-order valence-electron chi connectivity index (χ0n) is 15.4. The number of hydroxylamine groups is 2. The van der Waals surface area contributed by atoms with Gasteiger partial charge in [-0.3, -0.25) is 14.8 Å². The summed E-state index contributed by atoms with van der Waals surface area (Å²) >= 11 is 5.77. The molecular formula is C19H21ClN4O5. The first-order valence-electron chi connectivity index (χ1n) is 8.69. The Kier molecular flexibility index (Phi) is 8.64. The molecule has 0 aliphatic rings. The first-order valence-corrected chi connectivity index (χ1v) is 9.07. The van der Waals surface area contributed by atoms with Gasteiger partial charge in [0.1, 0.15) is 12.6 Å². The van der Waals surface area contributed by atoms with Crippen molar-refractivity contribution in [2.45, 2.75) is 25.0 Å². The van der Waals surface area contributed by atoms with Gasteiger partial charge >= 0.3 is 0 Å². The lowest BCUT2D eigenvalue weighted by atomic mass is 10.1. The van der Waals surface area contributed by atoms with E-state index in [-0.39, 0.29) is 18.2 Å². The standard InChI is InChI=1S/C19H21ClN4O5/c20-14-5-3-13(4-6-14)2-1-7-24(29)19(28)17(26)9-18(27)23-16(11-25)8-15-10-21-12-22-15/h3-6,10,12,16-17,25-26,29H,7-9,11H2,(H,21,22)(H,23,27)/t16?,17-/m0/s1. The van der Waals surface area contributed by atoms with E-state index in [0.29, 0.717) is 22.7 Å². The SMILES string of the molecule is O=C(C[C@H](O)C(=O)N(O)CC#Cc1ccc(Cl)cc1)NC(CO)Cc1cnc[nH]1. The fourth-order valence-corrected chi connectivity index (χ4v) is 2.50. The summed E-state index contributed by atoms with van der Waals surface area (Å²) in [6.45, 7) is -0.680. The van der Waals surface area contributed by atoms with Gasteiger partial charge in [0.15, 0.2) is 0 Å². The first-order chi connectivity index (χ1) is 13.9. The highest BCUT2D eigenvalue weighted by Crippen LogP contribution is 2.08. The zero-order valence-corrected chi connectivity index (χ0v) is 16.1. The highest BCUT2D eigenvalue weighted by Gasteiger charge is 2.24. The van der Waals surface area contributed by atoms with Crippen LogP contribution < -0.4 is 5.32 Å². The minimum absolute atomic E-state index is 0.245. The smallest absolute Gasteiger partial charge is 0.276 e. The van der Waals surface area contributed by atoms with Gasteiger partial charge in [0.05, 0.1) is 25.4 Å². The predicted octanol–water partition coefficient (Wildman–Crippen LogP) is 0.103. The number of hydrogen-bond donors (Lipinski definition) is 5. The van der Waals surface area contributed by atoms with E-state index in [9.17, 15) is 25.0 Å². The van der Waals surface area contributed by atoms with Crippen molar-refractivity contribution in [1.29, 1.82) is 0 Å². The molecule has 2 atom stereocenters. The number of H-pyrrole nitrogens is 1. The van der Waals surface area contributed by atoms with Crippen LogP contribution in [0.2, 0.25) is 5.02 Å². The number of benzene rings is 1. The highest BCUT2D eigenvalue weighted by atomic mass is 35.5. The summed E-state index contributed by atoms with van der Waals surface area (Å²) in [5, 5.41) is 32.3. The van der Waals surface area contributed by atoms with E-state index < -0.39 is 30.4 Å². The normalized spacial score (nSPS) is 12.4. The van der Waals surface area contributed by atoms with E-state index in [1.165, 1.54) is 6.33 Å². The van der Waals surface area contributed by atoms with Crippen LogP contribution in [-0.2, 0) is 16.0 Å². The molecule has 0 saturated heterocycles. The van der Waals surface area contributed by atoms with Gasteiger partial charge in [-0.1, -0.05) is 23.4 Å². The van der Waals surface area contributed by atoms with Crippen molar-refractivity contribution in [3.8, 4) is 11.8 Å². The van der Waals surface area contributed by atoms with Crippen LogP contribution in [0, 0.1) is 11.8 Å². The Morgan fingerprint density at radius 1 is 1.31 bits per heavy atom. The summed E-state index contributed by atoms with van der Waals surface area (Å²) in [4.78, 5) is 30.7. The van der Waals surface area contributed by atoms with Crippen LogP contribution in [0.25, 0.3) is 0 Å². The third-order valence-corrected chi connectivity index (χ3v) is 4.08. The Morgan fingerprint density at radius 2 is 2.03 bits per heavy atom. The molecule has 0 radical (unpaired) electrons. The fourth-order valence-electron chi connectivity index (χ4n) is 2.37. The molecule has 2 rings (SSSR count). The third kappa shape index (κ3) is 7.56. The van der Waals surface area contributed by atoms with E-state index >= 15 is 0 Å². The summed E-state index contributed by atoms with van der Waals surface area (Å²) in [5.74, 6) is 3.61. The Balaban J connectivity index is 1.80. The number of nitrogens with one attached hydrogen (secondary N) is 2. The van der Waals surface area contributed by atoms with E-state index in [0.717, 1.165) is 0 Å². The van der Waals surface area contributed by atoms with Crippen molar-refractivity contribution in [2.24, 2.45) is 0 Å². The number of carbonyl (C=O) groups is 2. The van der Waals surface area contributed by atoms with Crippen LogP contribution >= 0.6 is 11.6 Å². The quantitative estimate of drug-likeness (QED) is 0.233. The Hall–Kier alpha value is -2.90. The number of amides is 2. The molecule has 2 aromatic rings. The Bertz CT molecular complexity index is 861. The van der Waals surface area contributed by atoms with Gasteiger partial charge in [0, 0.05) is 28.9 Å². The molecule has 29 heavy (non-hydrogen) atoms. The van der Waals surface area contributed by atoms with E-state index in [2.05, 4.69) is 27.1 Å². The molecule has 2 amide bonds. The highest BCUT2D eigenvalue weighted by molar-refractivity contribution is 6.30. The van der Waals surface area contributed by atoms with Crippen LogP contribution in [0.4, 0.5) is 0 Å². The van der Waals surface area contributed by atoms with Crippen molar-refractivity contribution >= 4 is 23.4 Å². The van der Waals surface area contributed by atoms with Gasteiger partial charge < -0.3 is 20.5 Å². The molecule has 1 heterocycles. The van der Waals surface area contributed by atoms with E-state index in [1.807, 2.05) is 0 Å². The predicted molar refractivity (Wildman–Crippen MR) is 104 cm³/mol. The van der Waals surface area contributed by atoms with Crippen molar-refractivity contribution in [2.75, 3.05) is 13.2 Å². The second-order valence-corrected chi connectivity index (χ2v) is 6.59. The van der Waals surface area contributed by atoms with Gasteiger partial charge in [0.2, 0.25) is 5.91 Å². The molecule has 0 bridgehead atoms. The molecule has 5 N–H and O–H groups in total. The molecule has 1 aromatic heterocycles. The minimum atomic E-state index is -1.75. The molecule has 154 valence electrons. The van der Waals surface area contributed by atoms with Crippen LogP contribution in [0.1, 0.15) is 17.7 Å². The lowest BCUT2D eigenvalue weighted by Gasteiger charge is -2.19. The molecule has 1 aromatic carbocycles. The van der Waals surface area contributed by atoms with Gasteiger partial charge in [-0.25, -0.2) is 10.0 Å². The monoisotopic (exact) mass is 420 g/mol. The third-order valence-electron chi connectivity index (χ3n) is 3.83. The van der Waals surface area contributed by atoms with Crippen molar-refractivity contribution < 1.29 is 25.0 Å². The van der Waals surface area contributed by atoms with Gasteiger partial charge in [-0.05, 0) is 24.3 Å². The van der Waals surface area contributed by atoms with Crippen LogP contribution in [0.15, 0.2) is 36.8 Å². The molecule has 0 fully saturated rings. The van der Waals surface area contributed by atoms with E-state index in [4.69, 9.17) is 11.6 Å². The number of halogens is 1. The topological polar surface area (TPSA) is 139 Å². The molecular weight excluding hydrogens is 400 g/mol. The largest absolute Gasteiger partial charge is 0.394 e. The van der Waals surface area contributed by atoms with Crippen LogP contribution in [0.3, 0.4) is 0 Å². The van der Waals surface area contributed by atoms with Crippen LogP contribution in [-0.4, -0.2) is 67.6 Å². The lowest BCUT2D eigenvalue weighted by molar-refractivity contribution is -0.173. The summed E-state index contributed by atoms with van der Waals surface area (Å²) in [6, 6.07) is 6.06. The number of rotatable bonds is 8. The van der Waals surface area contributed by atoms with Gasteiger partial charge in [0.25, 0.3) is 5.91 Å². The minimum Gasteiger partial charge on any atom is -0.394 e. The average Bonchev–Trinajstić information content (AvgIpc) is 3.21. The number of aromatic amines is 1. The molecule has 0 aliphatic carbocycles. The number of hydrogen-bond acceptors (Lipinski definition) is 6. The number of imidazole rings is 1. The molecule has 0 aliphatic heterocycles. The maximum atomic E-state index is 12.0. The molecule has 10 heteroatoms. The maximum absolute atomic E-state index is 12.0. The van der Waals surface area contributed by atoms with Gasteiger partial charge in [-0.15, -0.1) is 0 Å².